The van der Waals surface area contributed by atoms with Crippen LogP contribution in [0.2, 0.25) is 0 Å². The Labute approximate surface area is 220 Å². The van der Waals surface area contributed by atoms with Crippen LogP contribution < -0.4 is 10.2 Å². The van der Waals surface area contributed by atoms with Gasteiger partial charge in [0, 0.05) is 43.6 Å². The Morgan fingerprint density at radius 2 is 1.62 bits per heavy atom. The molecule has 0 saturated carbocycles. The van der Waals surface area contributed by atoms with Crippen LogP contribution in [0, 0.1) is 11.7 Å². The van der Waals surface area contributed by atoms with Crippen molar-refractivity contribution in [2.45, 2.75) is 52.6 Å². The Balaban J connectivity index is 1.96. The van der Waals surface area contributed by atoms with Gasteiger partial charge in [-0.1, -0.05) is 57.2 Å². The smallest absolute Gasteiger partial charge is 0.255 e. The van der Waals surface area contributed by atoms with Gasteiger partial charge in [0.05, 0.1) is 5.92 Å². The fraction of sp³-hybridized carbons (Fsp3) is 0.355. The van der Waals surface area contributed by atoms with Crippen molar-refractivity contribution in [3.8, 4) is 0 Å². The van der Waals surface area contributed by atoms with Crippen LogP contribution in [0.3, 0.4) is 0 Å². The molecule has 0 spiro atoms. The molecule has 2 atom stereocenters. The molecule has 0 fully saturated rings. The van der Waals surface area contributed by atoms with Gasteiger partial charge in [0.2, 0.25) is 5.91 Å². The standard InChI is InChI=1S/C31H38FN3O2/c1-7-28(23-12-9-8-10-13-23)31(37)35(22(4)21(2)3)20-25-19-27(16-17-29(25)34(5)6)33-30(36)24-14-11-15-26(32)18-24/h8-19,21-22,28H,7,20H2,1-6H3,(H,33,36)/t22-,28-/m1/s1. The molecule has 0 aliphatic carbocycles. The minimum Gasteiger partial charge on any atom is -0.377 e. The second-order valence-electron chi connectivity index (χ2n) is 10.0. The lowest BCUT2D eigenvalue weighted by molar-refractivity contribution is -0.136. The highest BCUT2D eigenvalue weighted by molar-refractivity contribution is 6.04. The number of amides is 2. The van der Waals surface area contributed by atoms with E-state index >= 15 is 0 Å². The van der Waals surface area contributed by atoms with Crippen molar-refractivity contribution in [1.29, 1.82) is 0 Å². The molecule has 0 unspecified atom stereocenters. The maximum Gasteiger partial charge on any atom is 0.255 e. The minimum atomic E-state index is -0.461. The highest BCUT2D eigenvalue weighted by Crippen LogP contribution is 2.30. The van der Waals surface area contributed by atoms with E-state index in [0.29, 0.717) is 18.7 Å². The normalized spacial score (nSPS) is 12.6. The number of nitrogens with zero attached hydrogens (tertiary/aromatic N) is 2. The van der Waals surface area contributed by atoms with E-state index in [1.165, 1.54) is 18.2 Å². The van der Waals surface area contributed by atoms with Gasteiger partial charge in [0.1, 0.15) is 5.82 Å². The number of halogens is 1. The zero-order valence-corrected chi connectivity index (χ0v) is 22.7. The minimum absolute atomic E-state index is 0.00538. The van der Waals surface area contributed by atoms with E-state index in [4.69, 9.17) is 0 Å². The lowest BCUT2D eigenvalue weighted by atomic mass is 9.92. The van der Waals surface area contributed by atoms with Gasteiger partial charge in [-0.2, -0.15) is 0 Å². The average molecular weight is 504 g/mol. The summed E-state index contributed by atoms with van der Waals surface area (Å²) in [7, 11) is 3.92. The fourth-order valence-corrected chi connectivity index (χ4v) is 4.46. The average Bonchev–Trinajstić information content (AvgIpc) is 2.87. The maximum absolute atomic E-state index is 14.0. The van der Waals surface area contributed by atoms with Gasteiger partial charge < -0.3 is 15.1 Å². The summed E-state index contributed by atoms with van der Waals surface area (Å²) >= 11 is 0. The van der Waals surface area contributed by atoms with Gasteiger partial charge in [0.15, 0.2) is 0 Å². The molecule has 0 aliphatic rings. The second-order valence-corrected chi connectivity index (χ2v) is 10.0. The number of nitrogens with one attached hydrogen (secondary N) is 1. The molecule has 0 bridgehead atoms. The van der Waals surface area contributed by atoms with Crippen LogP contribution in [0.25, 0.3) is 0 Å². The Bertz CT molecular complexity index is 1210. The molecule has 2 amide bonds. The van der Waals surface area contributed by atoms with Gasteiger partial charge in [-0.15, -0.1) is 0 Å². The Morgan fingerprint density at radius 1 is 0.919 bits per heavy atom. The zero-order valence-electron chi connectivity index (χ0n) is 22.7. The van der Waals surface area contributed by atoms with Crippen LogP contribution in [-0.4, -0.2) is 36.9 Å². The lowest BCUT2D eigenvalue weighted by Gasteiger charge is -2.36. The van der Waals surface area contributed by atoms with E-state index < -0.39 is 5.82 Å². The SMILES string of the molecule is CC[C@@H](C(=O)N(Cc1cc(NC(=O)c2cccc(F)c2)ccc1N(C)C)[C@H](C)C(C)C)c1ccccc1. The topological polar surface area (TPSA) is 52.7 Å². The Kier molecular flexibility index (Phi) is 9.45. The van der Waals surface area contributed by atoms with E-state index in [0.717, 1.165) is 16.8 Å². The van der Waals surface area contributed by atoms with Gasteiger partial charge in [-0.3, -0.25) is 9.59 Å². The van der Waals surface area contributed by atoms with Crippen molar-refractivity contribution in [1.82, 2.24) is 4.90 Å². The van der Waals surface area contributed by atoms with Crippen molar-refractivity contribution in [2.75, 3.05) is 24.3 Å². The predicted molar refractivity (Wildman–Crippen MR) is 149 cm³/mol. The van der Waals surface area contributed by atoms with Gasteiger partial charge >= 0.3 is 0 Å². The largest absolute Gasteiger partial charge is 0.377 e. The zero-order chi connectivity index (χ0) is 27.1. The third kappa shape index (κ3) is 6.97. The molecule has 37 heavy (non-hydrogen) atoms. The number of benzene rings is 3. The van der Waals surface area contributed by atoms with Crippen LogP contribution in [0.15, 0.2) is 72.8 Å². The van der Waals surface area contributed by atoms with Crippen molar-refractivity contribution in [3.05, 3.63) is 95.3 Å². The number of carbonyl (C=O) groups is 2. The maximum atomic E-state index is 14.0. The third-order valence-corrected chi connectivity index (χ3v) is 6.89. The summed E-state index contributed by atoms with van der Waals surface area (Å²) in [5, 5.41) is 2.88. The Hall–Kier alpha value is -3.67. The first-order valence-corrected chi connectivity index (χ1v) is 12.8. The first-order valence-electron chi connectivity index (χ1n) is 12.8. The molecule has 0 heterocycles. The molecule has 5 nitrogen and oxygen atoms in total. The van der Waals surface area contributed by atoms with Crippen LogP contribution in [0.5, 0.6) is 0 Å². The molecule has 196 valence electrons. The first kappa shape index (κ1) is 27.9. The monoisotopic (exact) mass is 503 g/mol. The van der Waals surface area contributed by atoms with Crippen LogP contribution >= 0.6 is 0 Å². The highest BCUT2D eigenvalue weighted by Gasteiger charge is 2.30. The van der Waals surface area contributed by atoms with Crippen LogP contribution in [-0.2, 0) is 11.3 Å². The fourth-order valence-electron chi connectivity index (χ4n) is 4.46. The molecule has 1 N–H and O–H groups in total. The van der Waals surface area contributed by atoms with Gasteiger partial charge in [-0.05, 0) is 66.8 Å². The summed E-state index contributed by atoms with van der Waals surface area (Å²) in [6.45, 7) is 8.78. The van der Waals surface area contributed by atoms with E-state index in [1.807, 2.05) is 79.3 Å². The lowest BCUT2D eigenvalue weighted by Crippen LogP contribution is -2.43. The van der Waals surface area contributed by atoms with E-state index in [-0.39, 0.29) is 35.3 Å². The number of carbonyl (C=O) groups excluding carboxylic acids is 2. The van der Waals surface area contributed by atoms with E-state index in [9.17, 15) is 14.0 Å². The predicted octanol–water partition coefficient (Wildman–Crippen LogP) is 6.71. The van der Waals surface area contributed by atoms with E-state index in [2.05, 4.69) is 26.1 Å². The summed E-state index contributed by atoms with van der Waals surface area (Å²) in [5.41, 5.74) is 3.74. The van der Waals surface area contributed by atoms with Crippen molar-refractivity contribution < 1.29 is 14.0 Å². The van der Waals surface area contributed by atoms with Gasteiger partial charge in [0.25, 0.3) is 5.91 Å². The second kappa shape index (κ2) is 12.5. The van der Waals surface area contributed by atoms with Gasteiger partial charge in [-0.25, -0.2) is 4.39 Å². The summed E-state index contributed by atoms with van der Waals surface area (Å²) < 4.78 is 13.6. The summed E-state index contributed by atoms with van der Waals surface area (Å²) in [5.74, 6) is -0.732. The molecular weight excluding hydrogens is 465 g/mol. The molecule has 6 heteroatoms. The van der Waals surface area contributed by atoms with Crippen molar-refractivity contribution >= 4 is 23.2 Å². The molecule has 0 radical (unpaired) electrons. The number of hydrogen-bond donors (Lipinski definition) is 1. The van der Waals surface area contributed by atoms with Crippen LogP contribution in [0.4, 0.5) is 15.8 Å². The number of anilines is 2. The van der Waals surface area contributed by atoms with Crippen molar-refractivity contribution in [2.24, 2.45) is 5.92 Å². The molecular formula is C31H38FN3O2. The van der Waals surface area contributed by atoms with Crippen molar-refractivity contribution in [3.63, 3.8) is 0 Å². The van der Waals surface area contributed by atoms with E-state index in [1.54, 1.807) is 6.07 Å². The first-order chi connectivity index (χ1) is 17.6. The quantitative estimate of drug-likeness (QED) is 0.334. The molecule has 0 aliphatic heterocycles. The number of hydrogen-bond acceptors (Lipinski definition) is 3. The summed E-state index contributed by atoms with van der Waals surface area (Å²) in [6, 6.07) is 21.2. The summed E-state index contributed by atoms with van der Waals surface area (Å²) in [6.07, 6.45) is 0.703. The molecule has 0 aromatic heterocycles. The highest BCUT2D eigenvalue weighted by atomic mass is 19.1. The molecule has 0 saturated heterocycles. The molecule has 3 aromatic carbocycles. The van der Waals surface area contributed by atoms with Crippen LogP contribution in [0.1, 0.15) is 61.5 Å². The molecule has 3 aromatic rings. The number of rotatable bonds is 10. The summed E-state index contributed by atoms with van der Waals surface area (Å²) in [4.78, 5) is 30.7. The Morgan fingerprint density at radius 3 is 2.22 bits per heavy atom. The molecule has 3 rings (SSSR count). The third-order valence-electron chi connectivity index (χ3n) is 6.89.